The van der Waals surface area contributed by atoms with Gasteiger partial charge in [0.25, 0.3) is 0 Å². The molecule has 1 aliphatic carbocycles. The van der Waals surface area contributed by atoms with E-state index in [1.165, 1.54) is 51.5 Å². The molecule has 1 saturated heterocycles. The molecule has 0 bridgehead atoms. The van der Waals surface area contributed by atoms with E-state index in [0.717, 1.165) is 6.54 Å². The first-order valence-electron chi connectivity index (χ1n) is 6.91. The van der Waals surface area contributed by atoms with Crippen molar-refractivity contribution in [2.75, 3.05) is 19.7 Å². The molecule has 1 aliphatic heterocycles. The topological polar surface area (TPSA) is 49.5 Å². The first-order chi connectivity index (χ1) is 7.81. The fourth-order valence-electron chi connectivity index (χ4n) is 3.32. The molecule has 0 aromatic carbocycles. The smallest absolute Gasteiger partial charge is 0.0471 e. The van der Waals surface area contributed by atoms with Crippen molar-refractivity contribution in [1.29, 1.82) is 0 Å². The van der Waals surface area contributed by atoms with Crippen LogP contribution >= 0.6 is 0 Å². The van der Waals surface area contributed by atoms with Crippen LogP contribution in [0.1, 0.15) is 44.9 Å². The lowest BCUT2D eigenvalue weighted by molar-refractivity contribution is 0.0744. The lowest BCUT2D eigenvalue weighted by atomic mass is 9.94. The molecule has 16 heavy (non-hydrogen) atoms. The Labute approximate surface area is 99.0 Å². The van der Waals surface area contributed by atoms with Gasteiger partial charge in [-0.05, 0) is 38.1 Å². The van der Waals surface area contributed by atoms with Crippen LogP contribution in [0.3, 0.4) is 0 Å². The van der Waals surface area contributed by atoms with Crippen molar-refractivity contribution >= 4 is 0 Å². The molecule has 0 radical (unpaired) electrons. The summed E-state index contributed by atoms with van der Waals surface area (Å²) in [6, 6.07) is 0.941. The maximum absolute atomic E-state index is 9.27. The van der Waals surface area contributed by atoms with Gasteiger partial charge in [-0.3, -0.25) is 4.90 Å². The molecular weight excluding hydrogens is 200 g/mol. The zero-order chi connectivity index (χ0) is 11.4. The van der Waals surface area contributed by atoms with Crippen LogP contribution in [0.4, 0.5) is 0 Å². The maximum Gasteiger partial charge on any atom is 0.0471 e. The molecule has 3 heteroatoms. The lowest BCUT2D eigenvalue weighted by Gasteiger charge is -2.40. The zero-order valence-corrected chi connectivity index (χ0v) is 10.3. The van der Waals surface area contributed by atoms with Gasteiger partial charge >= 0.3 is 0 Å². The summed E-state index contributed by atoms with van der Waals surface area (Å²) in [6.07, 6.45) is 8.85. The van der Waals surface area contributed by atoms with Gasteiger partial charge in [0.2, 0.25) is 0 Å². The highest BCUT2D eigenvalue weighted by atomic mass is 16.3. The van der Waals surface area contributed by atoms with E-state index in [1.807, 2.05) is 0 Å². The normalized spacial score (nSPS) is 38.2. The van der Waals surface area contributed by atoms with Gasteiger partial charge in [0.15, 0.2) is 0 Å². The predicted molar refractivity (Wildman–Crippen MR) is 66.2 cm³/mol. The number of nitrogens with two attached hydrogens (primary N) is 1. The Hall–Kier alpha value is -0.120. The third-order valence-corrected chi connectivity index (χ3v) is 4.31. The number of aliphatic hydroxyl groups excluding tert-OH is 1. The summed E-state index contributed by atoms with van der Waals surface area (Å²) in [4.78, 5) is 2.56. The SMILES string of the molecule is NC1CCCCCC1N1CCCC(CO)C1. The van der Waals surface area contributed by atoms with Crippen LogP contribution in [-0.2, 0) is 0 Å². The van der Waals surface area contributed by atoms with Gasteiger partial charge in [-0.15, -0.1) is 0 Å². The standard InChI is InChI=1S/C13H26N2O/c14-12-6-2-1-3-7-13(12)15-8-4-5-11(9-15)10-16/h11-13,16H,1-10,14H2. The van der Waals surface area contributed by atoms with Crippen LogP contribution in [0.25, 0.3) is 0 Å². The highest BCUT2D eigenvalue weighted by molar-refractivity contribution is 4.87. The van der Waals surface area contributed by atoms with Crippen molar-refractivity contribution in [1.82, 2.24) is 4.90 Å². The van der Waals surface area contributed by atoms with E-state index in [0.29, 0.717) is 24.6 Å². The Bertz CT molecular complexity index is 210. The monoisotopic (exact) mass is 226 g/mol. The number of nitrogens with zero attached hydrogens (tertiary/aromatic N) is 1. The highest BCUT2D eigenvalue weighted by Crippen LogP contribution is 2.25. The van der Waals surface area contributed by atoms with E-state index < -0.39 is 0 Å². The Morgan fingerprint density at radius 3 is 2.69 bits per heavy atom. The van der Waals surface area contributed by atoms with Crippen LogP contribution < -0.4 is 5.73 Å². The van der Waals surface area contributed by atoms with E-state index in [9.17, 15) is 5.11 Å². The summed E-state index contributed by atoms with van der Waals surface area (Å²) in [5, 5.41) is 9.27. The number of aliphatic hydroxyl groups is 1. The molecule has 2 aliphatic rings. The molecule has 1 saturated carbocycles. The second-order valence-electron chi connectivity index (χ2n) is 5.55. The summed E-state index contributed by atoms with van der Waals surface area (Å²) in [6.45, 7) is 2.60. The van der Waals surface area contributed by atoms with E-state index in [-0.39, 0.29) is 0 Å². The number of hydrogen-bond donors (Lipinski definition) is 2. The number of piperidine rings is 1. The molecule has 3 atom stereocenters. The minimum atomic E-state index is 0.346. The summed E-state index contributed by atoms with van der Waals surface area (Å²) in [5.74, 6) is 0.490. The molecule has 2 fully saturated rings. The number of rotatable bonds is 2. The largest absolute Gasteiger partial charge is 0.396 e. The first-order valence-corrected chi connectivity index (χ1v) is 6.91. The quantitative estimate of drug-likeness (QED) is 0.699. The Morgan fingerprint density at radius 2 is 1.88 bits per heavy atom. The Kier molecular flexibility index (Phi) is 4.62. The number of likely N-dealkylation sites (tertiary alicyclic amines) is 1. The molecule has 1 heterocycles. The molecule has 3 N–H and O–H groups in total. The van der Waals surface area contributed by atoms with E-state index in [2.05, 4.69) is 4.90 Å². The molecule has 3 unspecified atom stereocenters. The molecule has 0 spiro atoms. The van der Waals surface area contributed by atoms with E-state index in [1.54, 1.807) is 0 Å². The van der Waals surface area contributed by atoms with Crippen molar-refractivity contribution < 1.29 is 5.11 Å². The molecule has 0 amide bonds. The second-order valence-corrected chi connectivity index (χ2v) is 5.55. The van der Waals surface area contributed by atoms with Gasteiger partial charge < -0.3 is 10.8 Å². The average molecular weight is 226 g/mol. The molecule has 0 aromatic heterocycles. The zero-order valence-electron chi connectivity index (χ0n) is 10.3. The Balaban J connectivity index is 1.93. The third kappa shape index (κ3) is 2.96. The van der Waals surface area contributed by atoms with Crippen LogP contribution in [0.15, 0.2) is 0 Å². The van der Waals surface area contributed by atoms with Crippen molar-refractivity contribution in [3.05, 3.63) is 0 Å². The lowest BCUT2D eigenvalue weighted by Crippen LogP contribution is -2.51. The molecular formula is C13H26N2O. The van der Waals surface area contributed by atoms with Crippen LogP contribution in [0.5, 0.6) is 0 Å². The first kappa shape index (κ1) is 12.3. The van der Waals surface area contributed by atoms with Gasteiger partial charge in [-0.1, -0.05) is 19.3 Å². The van der Waals surface area contributed by atoms with E-state index >= 15 is 0 Å². The molecule has 94 valence electrons. The summed E-state index contributed by atoms with van der Waals surface area (Å²) in [5.41, 5.74) is 6.29. The summed E-state index contributed by atoms with van der Waals surface area (Å²) < 4.78 is 0. The van der Waals surface area contributed by atoms with Crippen molar-refractivity contribution in [2.45, 2.75) is 57.0 Å². The maximum atomic E-state index is 9.27. The minimum absolute atomic E-state index is 0.346. The minimum Gasteiger partial charge on any atom is -0.396 e. The summed E-state index contributed by atoms with van der Waals surface area (Å²) in [7, 11) is 0. The van der Waals surface area contributed by atoms with Gasteiger partial charge in [-0.25, -0.2) is 0 Å². The van der Waals surface area contributed by atoms with Gasteiger partial charge in [-0.2, -0.15) is 0 Å². The average Bonchev–Trinajstić information content (AvgIpc) is 2.54. The fourth-order valence-corrected chi connectivity index (χ4v) is 3.32. The summed E-state index contributed by atoms with van der Waals surface area (Å²) >= 11 is 0. The van der Waals surface area contributed by atoms with Crippen LogP contribution in [-0.4, -0.2) is 41.8 Å². The second kappa shape index (κ2) is 5.99. The number of hydrogen-bond acceptors (Lipinski definition) is 3. The van der Waals surface area contributed by atoms with Gasteiger partial charge in [0.05, 0.1) is 0 Å². The van der Waals surface area contributed by atoms with Crippen molar-refractivity contribution in [3.8, 4) is 0 Å². The molecule has 2 rings (SSSR count). The van der Waals surface area contributed by atoms with Crippen LogP contribution in [0.2, 0.25) is 0 Å². The molecule has 0 aromatic rings. The van der Waals surface area contributed by atoms with Crippen molar-refractivity contribution in [3.63, 3.8) is 0 Å². The third-order valence-electron chi connectivity index (χ3n) is 4.31. The van der Waals surface area contributed by atoms with Gasteiger partial charge in [0, 0.05) is 25.2 Å². The fraction of sp³-hybridized carbons (Fsp3) is 1.00. The van der Waals surface area contributed by atoms with E-state index in [4.69, 9.17) is 5.73 Å². The van der Waals surface area contributed by atoms with Gasteiger partial charge in [0.1, 0.15) is 0 Å². The van der Waals surface area contributed by atoms with Crippen LogP contribution in [0, 0.1) is 5.92 Å². The van der Waals surface area contributed by atoms with Crippen molar-refractivity contribution in [2.24, 2.45) is 11.7 Å². The Morgan fingerprint density at radius 1 is 1.06 bits per heavy atom. The highest BCUT2D eigenvalue weighted by Gasteiger charge is 2.29. The predicted octanol–water partition coefficient (Wildman–Crippen LogP) is 1.35. The molecule has 3 nitrogen and oxygen atoms in total.